The third-order valence-corrected chi connectivity index (χ3v) is 3.91. The first-order valence-corrected chi connectivity index (χ1v) is 8.20. The maximum absolute atomic E-state index is 11.9. The van der Waals surface area contributed by atoms with E-state index in [1.807, 2.05) is 18.2 Å². The minimum Gasteiger partial charge on any atom is -0.370 e. The number of anilines is 2. The number of unbranched alkanes of at least 4 members (excludes halogenated alkanes) is 1. The van der Waals surface area contributed by atoms with Crippen molar-refractivity contribution in [3.05, 3.63) is 24.3 Å². The Morgan fingerprint density at radius 1 is 1.14 bits per heavy atom. The standard InChI is InChI=1S/C17H27N3O/c1-2-3-12-18-17(21)19-15-10-6-7-11-16(15)20-13-8-4-5-9-14-20/h6-7,10-11H,2-5,8-9,12-14H2,1H3,(H2,18,19,21). The van der Waals surface area contributed by atoms with E-state index in [9.17, 15) is 4.79 Å². The van der Waals surface area contributed by atoms with E-state index in [0.29, 0.717) is 0 Å². The Hall–Kier alpha value is -1.71. The van der Waals surface area contributed by atoms with Crippen molar-refractivity contribution in [2.75, 3.05) is 29.9 Å². The molecule has 4 nitrogen and oxygen atoms in total. The first-order chi connectivity index (χ1) is 10.3. The second kappa shape index (κ2) is 8.55. The maximum atomic E-state index is 11.9. The molecule has 1 heterocycles. The van der Waals surface area contributed by atoms with Crippen molar-refractivity contribution in [2.24, 2.45) is 0 Å². The number of carbonyl (C=O) groups is 1. The number of para-hydroxylation sites is 2. The van der Waals surface area contributed by atoms with Crippen LogP contribution in [0, 0.1) is 0 Å². The highest BCUT2D eigenvalue weighted by atomic mass is 16.2. The van der Waals surface area contributed by atoms with Crippen molar-refractivity contribution >= 4 is 17.4 Å². The summed E-state index contributed by atoms with van der Waals surface area (Å²) in [4.78, 5) is 14.3. The molecule has 4 heteroatoms. The Kier molecular flexibility index (Phi) is 6.38. The van der Waals surface area contributed by atoms with Crippen LogP contribution in [0.1, 0.15) is 45.4 Å². The van der Waals surface area contributed by atoms with Gasteiger partial charge in [-0.3, -0.25) is 0 Å². The van der Waals surface area contributed by atoms with Crippen molar-refractivity contribution in [3.63, 3.8) is 0 Å². The molecule has 0 aliphatic carbocycles. The highest BCUT2D eigenvalue weighted by Gasteiger charge is 2.14. The average Bonchev–Trinajstić information content (AvgIpc) is 2.77. The van der Waals surface area contributed by atoms with Gasteiger partial charge in [0.05, 0.1) is 11.4 Å². The molecule has 1 fully saturated rings. The second-order valence-corrected chi connectivity index (χ2v) is 5.65. The number of carbonyl (C=O) groups excluding carboxylic acids is 1. The SMILES string of the molecule is CCCCNC(=O)Nc1ccccc1N1CCCCCC1. The minimum absolute atomic E-state index is 0.106. The van der Waals surface area contributed by atoms with Crippen LogP contribution in [0.25, 0.3) is 0 Å². The number of hydrogen-bond donors (Lipinski definition) is 2. The summed E-state index contributed by atoms with van der Waals surface area (Å²) in [5.41, 5.74) is 2.05. The quantitative estimate of drug-likeness (QED) is 0.805. The minimum atomic E-state index is -0.106. The van der Waals surface area contributed by atoms with Crippen LogP contribution in [0.5, 0.6) is 0 Å². The number of benzene rings is 1. The predicted octanol–water partition coefficient (Wildman–Crippen LogP) is 3.99. The molecule has 2 N–H and O–H groups in total. The lowest BCUT2D eigenvalue weighted by atomic mass is 10.2. The lowest BCUT2D eigenvalue weighted by Gasteiger charge is -2.25. The molecule has 0 bridgehead atoms. The molecule has 0 unspecified atom stereocenters. The van der Waals surface area contributed by atoms with Crippen LogP contribution in [-0.4, -0.2) is 25.7 Å². The number of nitrogens with zero attached hydrogens (tertiary/aromatic N) is 1. The van der Waals surface area contributed by atoms with Gasteiger partial charge in [0.25, 0.3) is 0 Å². The zero-order valence-corrected chi connectivity index (χ0v) is 13.0. The number of nitrogens with one attached hydrogen (secondary N) is 2. The number of hydrogen-bond acceptors (Lipinski definition) is 2. The van der Waals surface area contributed by atoms with Gasteiger partial charge in [0.2, 0.25) is 0 Å². The van der Waals surface area contributed by atoms with Gasteiger partial charge in [-0.15, -0.1) is 0 Å². The Labute approximate surface area is 127 Å². The monoisotopic (exact) mass is 289 g/mol. The zero-order valence-electron chi connectivity index (χ0n) is 13.0. The topological polar surface area (TPSA) is 44.4 Å². The summed E-state index contributed by atoms with van der Waals surface area (Å²) in [5, 5.41) is 5.90. The molecule has 2 rings (SSSR count). The molecule has 1 saturated heterocycles. The molecule has 1 aliphatic rings. The Morgan fingerprint density at radius 2 is 1.86 bits per heavy atom. The summed E-state index contributed by atoms with van der Waals surface area (Å²) in [5.74, 6) is 0. The van der Waals surface area contributed by atoms with Crippen LogP contribution in [-0.2, 0) is 0 Å². The van der Waals surface area contributed by atoms with Crippen LogP contribution in [0.2, 0.25) is 0 Å². The highest BCUT2D eigenvalue weighted by molar-refractivity contribution is 5.93. The van der Waals surface area contributed by atoms with E-state index in [0.717, 1.165) is 43.9 Å². The predicted molar refractivity (Wildman–Crippen MR) is 89.1 cm³/mol. The lowest BCUT2D eigenvalue weighted by molar-refractivity contribution is 0.252. The van der Waals surface area contributed by atoms with E-state index < -0.39 is 0 Å². The van der Waals surface area contributed by atoms with E-state index in [1.54, 1.807) is 0 Å². The largest absolute Gasteiger partial charge is 0.370 e. The normalized spacial score (nSPS) is 15.4. The molecule has 0 saturated carbocycles. The molecular weight excluding hydrogens is 262 g/mol. The molecule has 1 aromatic carbocycles. The number of urea groups is 1. The molecule has 116 valence electrons. The van der Waals surface area contributed by atoms with Crippen LogP contribution in [0.4, 0.5) is 16.2 Å². The number of amides is 2. The van der Waals surface area contributed by atoms with Crippen LogP contribution in [0.3, 0.4) is 0 Å². The summed E-state index contributed by atoms with van der Waals surface area (Å²) < 4.78 is 0. The van der Waals surface area contributed by atoms with E-state index in [4.69, 9.17) is 0 Å². The molecule has 1 aromatic rings. The Balaban J connectivity index is 2.00. The Morgan fingerprint density at radius 3 is 2.57 bits per heavy atom. The first-order valence-electron chi connectivity index (χ1n) is 8.20. The lowest BCUT2D eigenvalue weighted by Crippen LogP contribution is -2.31. The molecule has 0 atom stereocenters. The van der Waals surface area contributed by atoms with Crippen molar-refractivity contribution in [2.45, 2.75) is 45.4 Å². The van der Waals surface area contributed by atoms with Gasteiger partial charge in [0.1, 0.15) is 0 Å². The molecule has 21 heavy (non-hydrogen) atoms. The highest BCUT2D eigenvalue weighted by Crippen LogP contribution is 2.27. The van der Waals surface area contributed by atoms with Gasteiger partial charge in [-0.05, 0) is 31.4 Å². The average molecular weight is 289 g/mol. The van der Waals surface area contributed by atoms with Gasteiger partial charge in [-0.2, -0.15) is 0 Å². The molecule has 0 aromatic heterocycles. The van der Waals surface area contributed by atoms with Crippen LogP contribution in [0.15, 0.2) is 24.3 Å². The van der Waals surface area contributed by atoms with Gasteiger partial charge < -0.3 is 15.5 Å². The van der Waals surface area contributed by atoms with Gasteiger partial charge in [-0.1, -0.05) is 38.3 Å². The van der Waals surface area contributed by atoms with Gasteiger partial charge in [0.15, 0.2) is 0 Å². The fourth-order valence-electron chi connectivity index (χ4n) is 2.71. The van der Waals surface area contributed by atoms with Crippen LogP contribution < -0.4 is 15.5 Å². The second-order valence-electron chi connectivity index (χ2n) is 5.65. The zero-order chi connectivity index (χ0) is 14.9. The summed E-state index contributed by atoms with van der Waals surface area (Å²) in [6, 6.07) is 8.00. The van der Waals surface area contributed by atoms with Crippen LogP contribution >= 0.6 is 0 Å². The van der Waals surface area contributed by atoms with Gasteiger partial charge in [0, 0.05) is 19.6 Å². The molecular formula is C17H27N3O. The van der Waals surface area contributed by atoms with Crippen molar-refractivity contribution in [1.29, 1.82) is 0 Å². The van der Waals surface area contributed by atoms with Crippen molar-refractivity contribution in [3.8, 4) is 0 Å². The summed E-state index contributed by atoms with van der Waals surface area (Å²) in [6.07, 6.45) is 7.19. The fraction of sp³-hybridized carbons (Fsp3) is 0.588. The first kappa shape index (κ1) is 15.7. The fourth-order valence-corrected chi connectivity index (χ4v) is 2.71. The van der Waals surface area contributed by atoms with E-state index >= 15 is 0 Å². The van der Waals surface area contributed by atoms with E-state index in [-0.39, 0.29) is 6.03 Å². The summed E-state index contributed by atoms with van der Waals surface area (Å²) >= 11 is 0. The summed E-state index contributed by atoms with van der Waals surface area (Å²) in [6.45, 7) is 5.01. The smallest absolute Gasteiger partial charge is 0.319 e. The summed E-state index contributed by atoms with van der Waals surface area (Å²) in [7, 11) is 0. The molecule has 0 spiro atoms. The molecule has 1 aliphatic heterocycles. The van der Waals surface area contributed by atoms with Gasteiger partial charge >= 0.3 is 6.03 Å². The van der Waals surface area contributed by atoms with Gasteiger partial charge in [-0.25, -0.2) is 4.79 Å². The maximum Gasteiger partial charge on any atom is 0.319 e. The number of rotatable bonds is 5. The van der Waals surface area contributed by atoms with E-state index in [1.165, 1.54) is 25.7 Å². The van der Waals surface area contributed by atoms with E-state index in [2.05, 4.69) is 28.5 Å². The third kappa shape index (κ3) is 4.96. The molecule has 2 amide bonds. The van der Waals surface area contributed by atoms with Crippen molar-refractivity contribution < 1.29 is 4.79 Å². The Bertz CT molecular complexity index is 439. The molecule has 0 radical (unpaired) electrons. The third-order valence-electron chi connectivity index (χ3n) is 3.91. The van der Waals surface area contributed by atoms with Crippen molar-refractivity contribution in [1.82, 2.24) is 5.32 Å².